The van der Waals surface area contributed by atoms with Gasteiger partial charge in [0.15, 0.2) is 0 Å². The summed E-state index contributed by atoms with van der Waals surface area (Å²) in [6.07, 6.45) is 4.26. The molecule has 0 radical (unpaired) electrons. The molecule has 1 aromatic carbocycles. The Morgan fingerprint density at radius 2 is 2.12 bits per heavy atom. The number of carbonyl (C=O) groups excluding carboxylic acids is 3. The number of amides is 3. The number of fused-ring (bicyclic) bond motifs is 1. The Morgan fingerprint density at radius 1 is 1.32 bits per heavy atom. The molecular formula is C25H31N5O4. The molecule has 2 fully saturated rings. The maximum absolute atomic E-state index is 13.2. The quantitative estimate of drug-likeness (QED) is 0.451. The third-order valence-electron chi connectivity index (χ3n) is 6.90. The molecule has 4 N–H and O–H groups in total. The lowest BCUT2D eigenvalue weighted by atomic mass is 9.91. The second-order valence-electron chi connectivity index (χ2n) is 9.70. The standard InChI is InChI=1S/C25H31N5O4/c1-25(8-9-25)13-20(24(33)28-16(14-26)11-15-5-4-10-27-22(15)31)30-23(32)19-12-17-18(29-19)6-3-7-21(17)34-2/h3,6-7,12,15-16,20,29H,4-5,8-11,13H2,1-2H3,(H,27,31)(H,28,33)(H,30,32)/t15-,16-,20?/m0/s1. The molecule has 4 rings (SSSR count). The number of rotatable bonds is 9. The molecule has 180 valence electrons. The number of H-pyrrole nitrogens is 1. The zero-order valence-corrected chi connectivity index (χ0v) is 19.6. The fourth-order valence-corrected chi connectivity index (χ4v) is 4.54. The van der Waals surface area contributed by atoms with E-state index in [0.29, 0.717) is 30.8 Å². The monoisotopic (exact) mass is 465 g/mol. The topological polar surface area (TPSA) is 136 Å². The Hall–Kier alpha value is -3.54. The Balaban J connectivity index is 1.46. The van der Waals surface area contributed by atoms with Crippen molar-refractivity contribution in [2.24, 2.45) is 11.3 Å². The number of ether oxygens (including phenoxy) is 1. The van der Waals surface area contributed by atoms with Crippen molar-refractivity contribution in [1.82, 2.24) is 20.9 Å². The molecule has 2 heterocycles. The van der Waals surface area contributed by atoms with Crippen LogP contribution in [-0.4, -0.2) is 48.4 Å². The van der Waals surface area contributed by atoms with Crippen LogP contribution in [0.4, 0.5) is 0 Å². The van der Waals surface area contributed by atoms with Crippen molar-refractivity contribution in [3.05, 3.63) is 30.0 Å². The minimum absolute atomic E-state index is 0.00957. The van der Waals surface area contributed by atoms with Crippen LogP contribution >= 0.6 is 0 Å². The fourth-order valence-electron chi connectivity index (χ4n) is 4.54. The van der Waals surface area contributed by atoms with Crippen LogP contribution in [0.5, 0.6) is 5.75 Å². The molecule has 1 saturated carbocycles. The SMILES string of the molecule is COc1cccc2[nH]c(C(=O)NC(CC3(C)CC3)C(=O)N[C@H](C#N)C[C@@H]3CCCNC3=O)cc12. The molecule has 2 aliphatic rings. The first-order valence-electron chi connectivity index (χ1n) is 11.8. The Kier molecular flexibility index (Phi) is 6.77. The molecule has 0 bridgehead atoms. The van der Waals surface area contributed by atoms with E-state index in [1.165, 1.54) is 0 Å². The summed E-state index contributed by atoms with van der Waals surface area (Å²) in [7, 11) is 1.57. The van der Waals surface area contributed by atoms with Crippen molar-refractivity contribution in [1.29, 1.82) is 5.26 Å². The third-order valence-corrected chi connectivity index (χ3v) is 6.90. The van der Waals surface area contributed by atoms with E-state index in [4.69, 9.17) is 4.74 Å². The maximum atomic E-state index is 13.2. The average Bonchev–Trinajstić information content (AvgIpc) is 3.38. The molecular weight excluding hydrogens is 434 g/mol. The zero-order valence-electron chi connectivity index (χ0n) is 19.6. The summed E-state index contributed by atoms with van der Waals surface area (Å²) in [6, 6.07) is 7.72. The summed E-state index contributed by atoms with van der Waals surface area (Å²) in [6.45, 7) is 2.73. The van der Waals surface area contributed by atoms with E-state index < -0.39 is 23.9 Å². The van der Waals surface area contributed by atoms with Gasteiger partial charge >= 0.3 is 0 Å². The molecule has 34 heavy (non-hydrogen) atoms. The number of nitrogens with zero attached hydrogens (tertiary/aromatic N) is 1. The van der Waals surface area contributed by atoms with Gasteiger partial charge in [-0.15, -0.1) is 0 Å². The van der Waals surface area contributed by atoms with Crippen LogP contribution in [0.2, 0.25) is 0 Å². The number of hydrogen-bond acceptors (Lipinski definition) is 5. The molecule has 1 aliphatic carbocycles. The first-order valence-corrected chi connectivity index (χ1v) is 11.8. The second-order valence-corrected chi connectivity index (χ2v) is 9.70. The number of aromatic amines is 1. The predicted molar refractivity (Wildman–Crippen MR) is 126 cm³/mol. The van der Waals surface area contributed by atoms with Gasteiger partial charge in [0.1, 0.15) is 23.5 Å². The van der Waals surface area contributed by atoms with Crippen molar-refractivity contribution in [3.8, 4) is 11.8 Å². The summed E-state index contributed by atoms with van der Waals surface area (Å²) in [5, 5.41) is 18.8. The highest BCUT2D eigenvalue weighted by Gasteiger charge is 2.42. The summed E-state index contributed by atoms with van der Waals surface area (Å²) in [5.74, 6) is -0.531. The van der Waals surface area contributed by atoms with Gasteiger partial charge in [-0.1, -0.05) is 13.0 Å². The lowest BCUT2D eigenvalue weighted by molar-refractivity contribution is -0.128. The number of aromatic nitrogens is 1. The number of nitrogens with one attached hydrogen (secondary N) is 4. The Morgan fingerprint density at radius 3 is 2.79 bits per heavy atom. The molecule has 2 aromatic rings. The number of hydrogen-bond donors (Lipinski definition) is 4. The van der Waals surface area contributed by atoms with Crippen molar-refractivity contribution in [2.75, 3.05) is 13.7 Å². The molecule has 9 heteroatoms. The van der Waals surface area contributed by atoms with Gasteiger partial charge in [0.05, 0.1) is 13.2 Å². The van der Waals surface area contributed by atoms with Crippen LogP contribution in [0.15, 0.2) is 24.3 Å². The van der Waals surface area contributed by atoms with Crippen molar-refractivity contribution in [2.45, 2.75) is 57.5 Å². The highest BCUT2D eigenvalue weighted by molar-refractivity contribution is 6.01. The Bertz CT molecular complexity index is 1130. The van der Waals surface area contributed by atoms with Crippen LogP contribution in [0, 0.1) is 22.7 Å². The number of nitriles is 1. The largest absolute Gasteiger partial charge is 0.496 e. The smallest absolute Gasteiger partial charge is 0.268 e. The van der Waals surface area contributed by atoms with Gasteiger partial charge in [-0.3, -0.25) is 14.4 Å². The van der Waals surface area contributed by atoms with Crippen LogP contribution in [0.3, 0.4) is 0 Å². The molecule has 1 unspecified atom stereocenters. The average molecular weight is 466 g/mol. The number of methoxy groups -OCH3 is 1. The van der Waals surface area contributed by atoms with E-state index >= 15 is 0 Å². The van der Waals surface area contributed by atoms with E-state index in [1.54, 1.807) is 13.2 Å². The van der Waals surface area contributed by atoms with Crippen LogP contribution in [0.25, 0.3) is 10.9 Å². The zero-order chi connectivity index (χ0) is 24.3. The fraction of sp³-hybridized carbons (Fsp3) is 0.520. The summed E-state index contributed by atoms with van der Waals surface area (Å²) in [4.78, 5) is 41.4. The predicted octanol–water partition coefficient (Wildman–Crippen LogP) is 2.39. The minimum atomic E-state index is -0.801. The van der Waals surface area contributed by atoms with Gasteiger partial charge in [0.25, 0.3) is 5.91 Å². The Labute approximate surface area is 198 Å². The van der Waals surface area contributed by atoms with E-state index in [2.05, 4.69) is 33.9 Å². The molecule has 1 aliphatic heterocycles. The van der Waals surface area contributed by atoms with Crippen LogP contribution < -0.4 is 20.7 Å². The van der Waals surface area contributed by atoms with Crippen LogP contribution in [0.1, 0.15) is 55.9 Å². The van der Waals surface area contributed by atoms with Crippen molar-refractivity contribution >= 4 is 28.6 Å². The minimum Gasteiger partial charge on any atom is -0.496 e. The van der Waals surface area contributed by atoms with Gasteiger partial charge in [0, 0.05) is 23.4 Å². The molecule has 3 amide bonds. The first kappa shape index (κ1) is 23.6. The van der Waals surface area contributed by atoms with Gasteiger partial charge in [0.2, 0.25) is 11.8 Å². The highest BCUT2D eigenvalue weighted by Crippen LogP contribution is 2.49. The summed E-state index contributed by atoms with van der Waals surface area (Å²) in [5.41, 5.74) is 1.08. The van der Waals surface area contributed by atoms with Gasteiger partial charge < -0.3 is 25.7 Å². The number of piperidine rings is 1. The van der Waals surface area contributed by atoms with Crippen molar-refractivity contribution < 1.29 is 19.1 Å². The highest BCUT2D eigenvalue weighted by atomic mass is 16.5. The first-order chi connectivity index (χ1) is 16.3. The molecule has 1 saturated heterocycles. The van der Waals surface area contributed by atoms with Gasteiger partial charge in [-0.2, -0.15) is 5.26 Å². The second kappa shape index (κ2) is 9.75. The third kappa shape index (κ3) is 5.33. The van der Waals surface area contributed by atoms with Crippen molar-refractivity contribution in [3.63, 3.8) is 0 Å². The van der Waals surface area contributed by atoms with E-state index in [0.717, 1.165) is 30.2 Å². The molecule has 1 aromatic heterocycles. The van der Waals surface area contributed by atoms with Crippen LogP contribution in [-0.2, 0) is 9.59 Å². The number of benzene rings is 1. The van der Waals surface area contributed by atoms with Gasteiger partial charge in [-0.05, 0) is 62.1 Å². The number of carbonyl (C=O) groups is 3. The normalized spacial score (nSPS) is 20.5. The molecule has 9 nitrogen and oxygen atoms in total. The van der Waals surface area contributed by atoms with E-state index in [-0.39, 0.29) is 23.7 Å². The summed E-state index contributed by atoms with van der Waals surface area (Å²) < 4.78 is 5.37. The maximum Gasteiger partial charge on any atom is 0.268 e. The van der Waals surface area contributed by atoms with E-state index in [9.17, 15) is 19.6 Å². The molecule has 3 atom stereocenters. The summed E-state index contributed by atoms with van der Waals surface area (Å²) >= 11 is 0. The van der Waals surface area contributed by atoms with E-state index in [1.807, 2.05) is 18.2 Å². The van der Waals surface area contributed by atoms with Gasteiger partial charge in [-0.25, -0.2) is 0 Å². The molecule has 0 spiro atoms. The lowest BCUT2D eigenvalue weighted by Crippen LogP contribution is -2.51. The lowest BCUT2D eigenvalue weighted by Gasteiger charge is -2.26.